The van der Waals surface area contributed by atoms with Crippen LogP contribution in [-0.2, 0) is 11.2 Å². The maximum absolute atomic E-state index is 12.6. The molecular formula is C15H14ClNO3S. The molecule has 0 fully saturated rings. The number of carboxylic acid groups (broad SMARTS) is 1. The number of likely N-dealkylation sites (N-methyl/N-ethyl adjacent to an activating group) is 1. The first-order chi connectivity index (χ1) is 9.99. The van der Waals surface area contributed by atoms with E-state index in [1.165, 1.54) is 18.4 Å². The van der Waals surface area contributed by atoms with Crippen molar-refractivity contribution in [3.8, 4) is 0 Å². The number of hydrogen-bond donors (Lipinski definition) is 2. The summed E-state index contributed by atoms with van der Waals surface area (Å²) in [5.74, 6) is -1.66. The van der Waals surface area contributed by atoms with Gasteiger partial charge in [-0.15, -0.1) is 11.3 Å². The molecule has 1 atom stereocenters. The molecule has 1 aromatic heterocycles. The second-order valence-corrected chi connectivity index (χ2v) is 5.96. The van der Waals surface area contributed by atoms with Gasteiger partial charge in [-0.1, -0.05) is 29.8 Å². The Balaban J connectivity index is 2.42. The van der Waals surface area contributed by atoms with Crippen LogP contribution < -0.4 is 5.32 Å². The smallest absolute Gasteiger partial charge is 0.332 e. The van der Waals surface area contributed by atoms with Crippen molar-refractivity contribution < 1.29 is 14.7 Å². The summed E-state index contributed by atoms with van der Waals surface area (Å²) in [6, 6.07) is 10.2. The Labute approximate surface area is 131 Å². The molecule has 2 rings (SSSR count). The highest BCUT2D eigenvalue weighted by molar-refractivity contribution is 7.12. The molecule has 0 saturated heterocycles. The second kappa shape index (κ2) is 6.39. The Hall–Kier alpha value is -1.69. The highest BCUT2D eigenvalue weighted by atomic mass is 35.5. The van der Waals surface area contributed by atoms with Gasteiger partial charge >= 0.3 is 5.97 Å². The second-order valence-electron chi connectivity index (χ2n) is 4.57. The van der Waals surface area contributed by atoms with E-state index in [1.54, 1.807) is 41.8 Å². The molecule has 0 aliphatic carbocycles. The number of rotatable bonds is 6. The normalized spacial score (nSPS) is 13.6. The number of carboxylic acids is 1. The Morgan fingerprint density at radius 2 is 2.10 bits per heavy atom. The van der Waals surface area contributed by atoms with Gasteiger partial charge < -0.3 is 5.11 Å². The van der Waals surface area contributed by atoms with E-state index in [0.29, 0.717) is 15.5 Å². The van der Waals surface area contributed by atoms with Crippen molar-refractivity contribution in [3.05, 3.63) is 57.2 Å². The predicted molar refractivity (Wildman–Crippen MR) is 83.2 cm³/mol. The minimum absolute atomic E-state index is 0.0239. The average molecular weight is 324 g/mol. The zero-order valence-corrected chi connectivity index (χ0v) is 12.9. The summed E-state index contributed by atoms with van der Waals surface area (Å²) >= 11 is 7.15. The lowest BCUT2D eigenvalue weighted by molar-refractivity contribution is -0.142. The number of hydrogen-bond acceptors (Lipinski definition) is 4. The number of carbonyl (C=O) groups excluding carboxylic acids is 1. The van der Waals surface area contributed by atoms with Crippen molar-refractivity contribution in [2.75, 3.05) is 7.05 Å². The molecule has 0 amide bonds. The van der Waals surface area contributed by atoms with Crippen molar-refractivity contribution in [1.82, 2.24) is 5.32 Å². The van der Waals surface area contributed by atoms with Crippen LogP contribution in [0.5, 0.6) is 0 Å². The quantitative estimate of drug-likeness (QED) is 0.633. The molecule has 0 aliphatic heterocycles. The van der Waals surface area contributed by atoms with Gasteiger partial charge in [-0.2, -0.15) is 0 Å². The van der Waals surface area contributed by atoms with Gasteiger partial charge in [0.25, 0.3) is 0 Å². The molecule has 0 saturated carbocycles. The fourth-order valence-electron chi connectivity index (χ4n) is 2.13. The first-order valence-corrected chi connectivity index (χ1v) is 7.50. The first-order valence-electron chi connectivity index (χ1n) is 6.24. The van der Waals surface area contributed by atoms with Crippen molar-refractivity contribution >= 4 is 34.7 Å². The SMILES string of the molecule is CNC(Cc1cccc(Cl)c1)(C(=O)O)C(=O)c1cccs1. The summed E-state index contributed by atoms with van der Waals surface area (Å²) in [4.78, 5) is 24.8. The zero-order valence-electron chi connectivity index (χ0n) is 11.3. The van der Waals surface area contributed by atoms with Gasteiger partial charge in [0, 0.05) is 11.4 Å². The first kappa shape index (κ1) is 15.7. The van der Waals surface area contributed by atoms with E-state index in [-0.39, 0.29) is 6.42 Å². The highest BCUT2D eigenvalue weighted by Gasteiger charge is 2.45. The maximum Gasteiger partial charge on any atom is 0.332 e. The van der Waals surface area contributed by atoms with Crippen LogP contribution >= 0.6 is 22.9 Å². The minimum Gasteiger partial charge on any atom is -0.480 e. The Kier molecular flexibility index (Phi) is 4.77. The van der Waals surface area contributed by atoms with Crippen LogP contribution in [0.25, 0.3) is 0 Å². The molecule has 110 valence electrons. The van der Waals surface area contributed by atoms with Crippen LogP contribution in [0.4, 0.5) is 0 Å². The monoisotopic (exact) mass is 323 g/mol. The fourth-order valence-corrected chi connectivity index (χ4v) is 3.09. The van der Waals surface area contributed by atoms with Crippen LogP contribution in [0.1, 0.15) is 15.2 Å². The van der Waals surface area contributed by atoms with Crippen molar-refractivity contribution in [2.24, 2.45) is 0 Å². The molecule has 2 aromatic rings. The average Bonchev–Trinajstić information content (AvgIpc) is 2.98. The molecule has 0 radical (unpaired) electrons. The lowest BCUT2D eigenvalue weighted by Crippen LogP contribution is -2.58. The van der Waals surface area contributed by atoms with E-state index in [9.17, 15) is 14.7 Å². The molecule has 0 bridgehead atoms. The summed E-state index contributed by atoms with van der Waals surface area (Å²) in [5.41, 5.74) is -1.01. The van der Waals surface area contributed by atoms with E-state index in [1.807, 2.05) is 0 Å². The van der Waals surface area contributed by atoms with Crippen molar-refractivity contribution in [1.29, 1.82) is 0 Å². The third kappa shape index (κ3) is 3.15. The van der Waals surface area contributed by atoms with Crippen LogP contribution in [-0.4, -0.2) is 29.4 Å². The van der Waals surface area contributed by atoms with Crippen LogP contribution in [0.2, 0.25) is 5.02 Å². The third-order valence-corrected chi connectivity index (χ3v) is 4.39. The molecule has 4 nitrogen and oxygen atoms in total. The maximum atomic E-state index is 12.6. The molecule has 2 N–H and O–H groups in total. The highest BCUT2D eigenvalue weighted by Crippen LogP contribution is 2.24. The fraction of sp³-hybridized carbons (Fsp3) is 0.200. The van der Waals surface area contributed by atoms with Gasteiger partial charge in [0.05, 0.1) is 4.88 Å². The minimum atomic E-state index is -1.70. The van der Waals surface area contributed by atoms with Gasteiger partial charge in [0.15, 0.2) is 5.54 Å². The predicted octanol–water partition coefficient (Wildman–Crippen LogP) is 2.87. The van der Waals surface area contributed by atoms with Gasteiger partial charge in [-0.3, -0.25) is 10.1 Å². The molecule has 1 aromatic carbocycles. The number of carbonyl (C=O) groups is 2. The lowest BCUT2D eigenvalue weighted by Gasteiger charge is -2.27. The van der Waals surface area contributed by atoms with Crippen LogP contribution in [0.3, 0.4) is 0 Å². The summed E-state index contributed by atoms with van der Waals surface area (Å²) in [6.45, 7) is 0. The molecule has 0 spiro atoms. The van der Waals surface area contributed by atoms with Gasteiger partial charge in [0.2, 0.25) is 5.78 Å². The topological polar surface area (TPSA) is 66.4 Å². The number of nitrogens with one attached hydrogen (secondary N) is 1. The van der Waals surface area contributed by atoms with Crippen LogP contribution in [0.15, 0.2) is 41.8 Å². The Bertz CT molecular complexity index is 657. The van der Waals surface area contributed by atoms with Gasteiger partial charge in [-0.05, 0) is 36.2 Å². The molecule has 0 aliphatic rings. The Morgan fingerprint density at radius 1 is 1.33 bits per heavy atom. The molecule has 21 heavy (non-hydrogen) atoms. The van der Waals surface area contributed by atoms with E-state index in [4.69, 9.17) is 11.6 Å². The van der Waals surface area contributed by atoms with E-state index >= 15 is 0 Å². The molecular weight excluding hydrogens is 310 g/mol. The summed E-state index contributed by atoms with van der Waals surface area (Å²) < 4.78 is 0. The largest absolute Gasteiger partial charge is 0.480 e. The molecule has 1 heterocycles. The summed E-state index contributed by atoms with van der Waals surface area (Å²) in [6.07, 6.45) is 0.0239. The van der Waals surface area contributed by atoms with E-state index < -0.39 is 17.3 Å². The number of halogens is 1. The van der Waals surface area contributed by atoms with E-state index in [0.717, 1.165) is 0 Å². The molecule has 6 heteroatoms. The summed E-state index contributed by atoms with van der Waals surface area (Å²) in [5, 5.41) is 14.5. The molecule has 1 unspecified atom stereocenters. The lowest BCUT2D eigenvalue weighted by atomic mass is 9.86. The number of benzene rings is 1. The van der Waals surface area contributed by atoms with Crippen molar-refractivity contribution in [2.45, 2.75) is 12.0 Å². The number of aliphatic carboxylic acids is 1. The summed E-state index contributed by atoms with van der Waals surface area (Å²) in [7, 11) is 1.48. The van der Waals surface area contributed by atoms with E-state index in [2.05, 4.69) is 5.32 Å². The van der Waals surface area contributed by atoms with Gasteiger partial charge in [-0.25, -0.2) is 4.79 Å². The number of ketones is 1. The standard InChI is InChI=1S/C15H14ClNO3S/c1-17-15(14(19)20,13(18)12-6-3-7-21-12)9-10-4-2-5-11(16)8-10/h2-8,17H,9H2,1H3,(H,19,20). The zero-order chi connectivity index (χ0) is 15.5. The van der Waals surface area contributed by atoms with Crippen LogP contribution in [0, 0.1) is 0 Å². The van der Waals surface area contributed by atoms with Crippen molar-refractivity contribution in [3.63, 3.8) is 0 Å². The number of Topliss-reactive ketones (excluding diaryl/α,β-unsaturated/α-hetero) is 1. The van der Waals surface area contributed by atoms with Gasteiger partial charge in [0.1, 0.15) is 0 Å². The third-order valence-electron chi connectivity index (χ3n) is 3.28. The number of thiophene rings is 1. The Morgan fingerprint density at radius 3 is 2.62 bits per heavy atom.